The molecule has 128 valence electrons. The van der Waals surface area contributed by atoms with Crippen LogP contribution >= 0.6 is 0 Å². The minimum Gasteiger partial charge on any atom is -0.399 e. The molecule has 2 fully saturated rings. The predicted molar refractivity (Wildman–Crippen MR) is 100 cm³/mol. The molecule has 25 heavy (non-hydrogen) atoms. The van der Waals surface area contributed by atoms with Crippen molar-refractivity contribution in [3.05, 3.63) is 54.4 Å². The third-order valence-electron chi connectivity index (χ3n) is 5.65. The first-order valence-electron chi connectivity index (χ1n) is 9.03. The van der Waals surface area contributed by atoms with E-state index in [1.54, 1.807) is 0 Å². The van der Waals surface area contributed by atoms with E-state index in [0.717, 1.165) is 41.0 Å². The van der Waals surface area contributed by atoms with Gasteiger partial charge in [-0.3, -0.25) is 4.90 Å². The van der Waals surface area contributed by atoms with Crippen molar-refractivity contribution < 1.29 is 0 Å². The van der Waals surface area contributed by atoms with Gasteiger partial charge in [-0.1, -0.05) is 18.2 Å². The lowest BCUT2D eigenvalue weighted by Crippen LogP contribution is -2.26. The molecule has 5 rings (SSSR count). The van der Waals surface area contributed by atoms with Gasteiger partial charge in [-0.05, 0) is 49.2 Å². The number of benzene rings is 1. The Hall–Kier alpha value is -2.37. The number of hydrogen-bond acceptors (Lipinski definition) is 4. The van der Waals surface area contributed by atoms with Crippen LogP contribution in [0.25, 0.3) is 16.9 Å². The molecule has 0 amide bonds. The van der Waals surface area contributed by atoms with E-state index in [1.807, 2.05) is 18.2 Å². The predicted octanol–water partition coefficient (Wildman–Crippen LogP) is 2.23. The molecule has 3 N–H and O–H groups in total. The number of hydrogen-bond donors (Lipinski definition) is 2. The van der Waals surface area contributed by atoms with Crippen molar-refractivity contribution in [3.63, 3.8) is 0 Å². The van der Waals surface area contributed by atoms with Crippen molar-refractivity contribution >= 4 is 11.3 Å². The maximum atomic E-state index is 5.86. The van der Waals surface area contributed by atoms with Gasteiger partial charge in [0.2, 0.25) is 0 Å². The summed E-state index contributed by atoms with van der Waals surface area (Å²) in [5.74, 6) is 1.61. The Morgan fingerprint density at radius 1 is 1.04 bits per heavy atom. The average Bonchev–Trinajstić information content (AvgIpc) is 3.30. The van der Waals surface area contributed by atoms with Gasteiger partial charge in [0, 0.05) is 37.1 Å². The highest BCUT2D eigenvalue weighted by Crippen LogP contribution is 2.31. The highest BCUT2D eigenvalue weighted by molar-refractivity contribution is 5.68. The van der Waals surface area contributed by atoms with Crippen LogP contribution in [0, 0.1) is 11.8 Å². The molecule has 2 aliphatic rings. The van der Waals surface area contributed by atoms with Crippen molar-refractivity contribution in [1.82, 2.24) is 19.6 Å². The molecule has 5 nitrogen and oxygen atoms in total. The quantitative estimate of drug-likeness (QED) is 0.722. The second-order valence-corrected chi connectivity index (χ2v) is 7.33. The van der Waals surface area contributed by atoms with E-state index in [1.165, 1.54) is 31.9 Å². The van der Waals surface area contributed by atoms with Crippen LogP contribution in [0.15, 0.2) is 48.7 Å². The molecule has 2 saturated heterocycles. The number of nitrogens with one attached hydrogen (secondary N) is 1. The second kappa shape index (κ2) is 5.86. The van der Waals surface area contributed by atoms with Gasteiger partial charge >= 0.3 is 0 Å². The van der Waals surface area contributed by atoms with Crippen molar-refractivity contribution in [1.29, 1.82) is 0 Å². The molecule has 1 aromatic carbocycles. The number of imidazole rings is 1. The molecule has 0 spiro atoms. The first kappa shape index (κ1) is 14.9. The third kappa shape index (κ3) is 2.60. The lowest BCUT2D eigenvalue weighted by Gasteiger charge is -2.17. The number of likely N-dealkylation sites (tertiary alicyclic amines) is 1. The minimum absolute atomic E-state index is 0.786. The monoisotopic (exact) mass is 333 g/mol. The number of fused-ring (bicyclic) bond motifs is 2. The molecule has 2 aromatic heterocycles. The number of nitrogen functional groups attached to an aromatic ring is 1. The Labute approximate surface area is 147 Å². The Balaban J connectivity index is 1.54. The summed E-state index contributed by atoms with van der Waals surface area (Å²) in [4.78, 5) is 7.50. The van der Waals surface area contributed by atoms with E-state index in [-0.39, 0.29) is 0 Å². The summed E-state index contributed by atoms with van der Waals surface area (Å²) in [6.45, 7) is 5.63. The van der Waals surface area contributed by atoms with Crippen LogP contribution in [-0.4, -0.2) is 40.5 Å². The van der Waals surface area contributed by atoms with Crippen LogP contribution in [0.2, 0.25) is 0 Å². The lowest BCUT2D eigenvalue weighted by atomic mass is 10.0. The van der Waals surface area contributed by atoms with E-state index in [9.17, 15) is 0 Å². The molecular formula is C20H23N5. The summed E-state index contributed by atoms with van der Waals surface area (Å²) in [5, 5.41) is 3.52. The highest BCUT2D eigenvalue weighted by atomic mass is 15.2. The minimum atomic E-state index is 0.786. The molecular weight excluding hydrogens is 310 g/mol. The van der Waals surface area contributed by atoms with E-state index < -0.39 is 0 Å². The number of anilines is 1. The topological polar surface area (TPSA) is 58.6 Å². The molecule has 2 atom stereocenters. The van der Waals surface area contributed by atoms with Crippen LogP contribution in [0.1, 0.15) is 5.69 Å². The molecule has 5 heteroatoms. The lowest BCUT2D eigenvalue weighted by molar-refractivity contribution is 0.301. The number of aromatic nitrogens is 2. The fraction of sp³-hybridized carbons (Fsp3) is 0.350. The van der Waals surface area contributed by atoms with E-state index >= 15 is 0 Å². The molecule has 0 radical (unpaired) electrons. The molecule has 2 unspecified atom stereocenters. The Morgan fingerprint density at radius 3 is 2.56 bits per heavy atom. The standard InChI is InChI=1S/C20H23N5/c21-17-6-4-14(5-7-17)20-18(25-8-2-1-3-19(25)23-20)13-24-11-15-9-22-10-16(15)12-24/h1-8,15-16,22H,9-13,21H2. The maximum absolute atomic E-state index is 5.86. The molecule has 0 aliphatic carbocycles. The fourth-order valence-corrected chi connectivity index (χ4v) is 4.36. The van der Waals surface area contributed by atoms with Gasteiger partial charge in [-0.15, -0.1) is 0 Å². The number of nitrogens with zero attached hydrogens (tertiary/aromatic N) is 3. The summed E-state index contributed by atoms with van der Waals surface area (Å²) in [5.41, 5.74) is 11.1. The largest absolute Gasteiger partial charge is 0.399 e. The van der Waals surface area contributed by atoms with Gasteiger partial charge < -0.3 is 15.5 Å². The van der Waals surface area contributed by atoms with Crippen molar-refractivity contribution in [2.75, 3.05) is 31.9 Å². The zero-order valence-corrected chi connectivity index (χ0v) is 14.2. The van der Waals surface area contributed by atoms with Gasteiger partial charge in [0.1, 0.15) is 5.65 Å². The summed E-state index contributed by atoms with van der Waals surface area (Å²) in [6, 6.07) is 14.3. The average molecular weight is 333 g/mol. The van der Waals surface area contributed by atoms with Gasteiger partial charge in [-0.2, -0.15) is 0 Å². The first-order valence-corrected chi connectivity index (χ1v) is 9.03. The zero-order chi connectivity index (χ0) is 16.8. The first-order chi connectivity index (χ1) is 12.3. The summed E-state index contributed by atoms with van der Waals surface area (Å²) in [6.07, 6.45) is 2.12. The van der Waals surface area contributed by atoms with Crippen molar-refractivity contribution in [2.24, 2.45) is 11.8 Å². The molecule has 3 aromatic rings. The molecule has 4 heterocycles. The fourth-order valence-electron chi connectivity index (χ4n) is 4.36. The van der Waals surface area contributed by atoms with E-state index in [4.69, 9.17) is 10.7 Å². The van der Waals surface area contributed by atoms with Crippen LogP contribution in [0.5, 0.6) is 0 Å². The molecule has 0 saturated carbocycles. The van der Waals surface area contributed by atoms with Crippen molar-refractivity contribution in [3.8, 4) is 11.3 Å². The van der Waals surface area contributed by atoms with Gasteiger partial charge in [-0.25, -0.2) is 4.98 Å². The Morgan fingerprint density at radius 2 is 1.80 bits per heavy atom. The van der Waals surface area contributed by atoms with Gasteiger partial charge in [0.05, 0.1) is 11.4 Å². The zero-order valence-electron chi connectivity index (χ0n) is 14.2. The highest BCUT2D eigenvalue weighted by Gasteiger charge is 2.36. The van der Waals surface area contributed by atoms with E-state index in [0.29, 0.717) is 0 Å². The SMILES string of the molecule is Nc1ccc(-c2nc3ccccn3c2CN2CC3CNCC3C2)cc1. The van der Waals surface area contributed by atoms with Crippen LogP contribution in [0.3, 0.4) is 0 Å². The van der Waals surface area contributed by atoms with Crippen LogP contribution < -0.4 is 11.1 Å². The van der Waals surface area contributed by atoms with Gasteiger partial charge in [0.25, 0.3) is 0 Å². The summed E-state index contributed by atoms with van der Waals surface area (Å²) < 4.78 is 2.23. The Kier molecular flexibility index (Phi) is 3.50. The van der Waals surface area contributed by atoms with Crippen LogP contribution in [0.4, 0.5) is 5.69 Å². The number of rotatable bonds is 3. The van der Waals surface area contributed by atoms with Gasteiger partial charge in [0.15, 0.2) is 0 Å². The number of nitrogens with two attached hydrogens (primary N) is 1. The summed E-state index contributed by atoms with van der Waals surface area (Å²) >= 11 is 0. The molecule has 0 bridgehead atoms. The van der Waals surface area contributed by atoms with E-state index in [2.05, 4.69) is 45.1 Å². The smallest absolute Gasteiger partial charge is 0.137 e. The second-order valence-electron chi connectivity index (χ2n) is 7.33. The number of pyridine rings is 1. The summed E-state index contributed by atoms with van der Waals surface area (Å²) in [7, 11) is 0. The van der Waals surface area contributed by atoms with Crippen molar-refractivity contribution in [2.45, 2.75) is 6.54 Å². The normalized spacial score (nSPS) is 23.4. The molecule has 2 aliphatic heterocycles. The Bertz CT molecular complexity index is 886. The third-order valence-corrected chi connectivity index (χ3v) is 5.65. The van der Waals surface area contributed by atoms with Crippen LogP contribution in [-0.2, 0) is 6.54 Å². The maximum Gasteiger partial charge on any atom is 0.137 e.